The van der Waals surface area contributed by atoms with Crippen LogP contribution in [0.15, 0.2) is 0 Å². The maximum Gasteiger partial charge on any atom is 0.305 e. The second-order valence-electron chi connectivity index (χ2n) is 2.87. The van der Waals surface area contributed by atoms with Crippen molar-refractivity contribution in [2.24, 2.45) is 0 Å². The van der Waals surface area contributed by atoms with E-state index in [1.165, 1.54) is 0 Å². The van der Waals surface area contributed by atoms with Crippen LogP contribution in [0.3, 0.4) is 0 Å². The standard InChI is InChI=1S/C7H15NO3/c1-5(9)6(8(2)3)4-7(10)11/h5-6,9H,4H2,1-3H3,(H,10,11). The summed E-state index contributed by atoms with van der Waals surface area (Å²) in [7, 11) is 3.50. The summed E-state index contributed by atoms with van der Waals surface area (Å²) in [5.74, 6) is -0.885. The lowest BCUT2D eigenvalue weighted by atomic mass is 10.1. The first-order valence-electron chi connectivity index (χ1n) is 3.51. The molecule has 0 saturated carbocycles. The van der Waals surface area contributed by atoms with Gasteiger partial charge in [-0.1, -0.05) is 0 Å². The minimum absolute atomic E-state index is 0.0231. The zero-order valence-corrected chi connectivity index (χ0v) is 7.11. The summed E-state index contributed by atoms with van der Waals surface area (Å²) in [6.45, 7) is 1.59. The van der Waals surface area contributed by atoms with Crippen molar-refractivity contribution in [2.45, 2.75) is 25.5 Å². The highest BCUT2D eigenvalue weighted by atomic mass is 16.4. The zero-order chi connectivity index (χ0) is 9.02. The summed E-state index contributed by atoms with van der Waals surface area (Å²) >= 11 is 0. The second-order valence-corrected chi connectivity index (χ2v) is 2.87. The molecule has 0 aromatic rings. The summed E-state index contributed by atoms with van der Waals surface area (Å²) < 4.78 is 0. The molecule has 2 N–H and O–H groups in total. The first-order chi connectivity index (χ1) is 4.95. The number of carboxylic acid groups (broad SMARTS) is 1. The van der Waals surface area contributed by atoms with E-state index in [9.17, 15) is 4.79 Å². The minimum atomic E-state index is -0.885. The van der Waals surface area contributed by atoms with Crippen LogP contribution >= 0.6 is 0 Å². The van der Waals surface area contributed by atoms with Crippen LogP contribution < -0.4 is 0 Å². The Bertz CT molecular complexity index is 126. The van der Waals surface area contributed by atoms with E-state index in [1.807, 2.05) is 0 Å². The molecule has 4 heteroatoms. The summed E-state index contributed by atoms with van der Waals surface area (Å²) in [5, 5.41) is 17.6. The average molecular weight is 161 g/mol. The van der Waals surface area contributed by atoms with Crippen molar-refractivity contribution in [2.75, 3.05) is 14.1 Å². The van der Waals surface area contributed by atoms with Gasteiger partial charge in [0.1, 0.15) is 0 Å². The Balaban J connectivity index is 4.00. The molecule has 11 heavy (non-hydrogen) atoms. The summed E-state index contributed by atoms with van der Waals surface area (Å²) in [6, 6.07) is -0.299. The Hall–Kier alpha value is -0.610. The number of rotatable bonds is 4. The highest BCUT2D eigenvalue weighted by molar-refractivity contribution is 5.67. The maximum absolute atomic E-state index is 10.3. The number of nitrogens with zero attached hydrogens (tertiary/aromatic N) is 1. The number of hydrogen-bond donors (Lipinski definition) is 2. The molecule has 0 rings (SSSR count). The van der Waals surface area contributed by atoms with Gasteiger partial charge in [0, 0.05) is 6.04 Å². The van der Waals surface area contributed by atoms with Crippen LogP contribution in [0, 0.1) is 0 Å². The first-order valence-corrected chi connectivity index (χ1v) is 3.51. The van der Waals surface area contributed by atoms with Crippen LogP contribution in [0.2, 0.25) is 0 Å². The molecule has 0 aliphatic heterocycles. The van der Waals surface area contributed by atoms with Crippen LogP contribution in [0.5, 0.6) is 0 Å². The van der Waals surface area contributed by atoms with E-state index < -0.39 is 12.1 Å². The van der Waals surface area contributed by atoms with Gasteiger partial charge in [-0.05, 0) is 21.0 Å². The molecule has 0 saturated heterocycles. The molecule has 66 valence electrons. The van der Waals surface area contributed by atoms with Crippen molar-refractivity contribution in [1.82, 2.24) is 4.90 Å². The Labute approximate surface area is 66.4 Å². The molecule has 0 aliphatic carbocycles. The average Bonchev–Trinajstić information content (AvgIpc) is 1.81. The monoisotopic (exact) mass is 161 g/mol. The van der Waals surface area contributed by atoms with Crippen molar-refractivity contribution in [1.29, 1.82) is 0 Å². The van der Waals surface area contributed by atoms with Crippen molar-refractivity contribution in [3.05, 3.63) is 0 Å². The molecule has 0 amide bonds. The topological polar surface area (TPSA) is 60.8 Å². The minimum Gasteiger partial charge on any atom is -0.481 e. The number of hydrogen-bond acceptors (Lipinski definition) is 3. The molecule has 0 radical (unpaired) electrons. The molecule has 2 unspecified atom stereocenters. The van der Waals surface area contributed by atoms with Gasteiger partial charge in [-0.3, -0.25) is 4.79 Å². The van der Waals surface area contributed by atoms with E-state index in [0.717, 1.165) is 0 Å². The summed E-state index contributed by atoms with van der Waals surface area (Å²) in [5.41, 5.74) is 0. The van der Waals surface area contributed by atoms with Gasteiger partial charge in [0.15, 0.2) is 0 Å². The highest BCUT2D eigenvalue weighted by Crippen LogP contribution is 2.04. The second kappa shape index (κ2) is 4.31. The smallest absolute Gasteiger partial charge is 0.305 e. The number of carboxylic acids is 1. The van der Waals surface area contributed by atoms with Gasteiger partial charge >= 0.3 is 5.97 Å². The highest BCUT2D eigenvalue weighted by Gasteiger charge is 2.19. The normalized spacial score (nSPS) is 16.5. The van der Waals surface area contributed by atoms with Crippen LogP contribution in [0.4, 0.5) is 0 Å². The third-order valence-corrected chi connectivity index (χ3v) is 1.60. The Morgan fingerprint density at radius 1 is 1.55 bits per heavy atom. The fourth-order valence-corrected chi connectivity index (χ4v) is 0.964. The van der Waals surface area contributed by atoms with Crippen LogP contribution in [-0.2, 0) is 4.79 Å². The predicted octanol–water partition coefficient (Wildman–Crippen LogP) is -0.228. The SMILES string of the molecule is CC(O)C(CC(=O)O)N(C)C. The number of aliphatic hydroxyl groups is 1. The molecule has 0 aromatic heterocycles. The van der Waals surface area contributed by atoms with Gasteiger partial charge in [-0.15, -0.1) is 0 Å². The van der Waals surface area contributed by atoms with E-state index in [0.29, 0.717) is 0 Å². The van der Waals surface area contributed by atoms with Crippen LogP contribution in [0.1, 0.15) is 13.3 Å². The Morgan fingerprint density at radius 2 is 2.00 bits per heavy atom. The van der Waals surface area contributed by atoms with Gasteiger partial charge in [-0.25, -0.2) is 0 Å². The van der Waals surface area contributed by atoms with Crippen LogP contribution in [-0.4, -0.2) is 47.3 Å². The van der Waals surface area contributed by atoms with Crippen LogP contribution in [0.25, 0.3) is 0 Å². The van der Waals surface area contributed by atoms with Crippen molar-refractivity contribution < 1.29 is 15.0 Å². The number of likely N-dealkylation sites (N-methyl/N-ethyl adjacent to an activating group) is 1. The molecule has 0 aromatic carbocycles. The van der Waals surface area contributed by atoms with Crippen molar-refractivity contribution in [3.8, 4) is 0 Å². The van der Waals surface area contributed by atoms with Crippen molar-refractivity contribution >= 4 is 5.97 Å². The molecule has 2 atom stereocenters. The first kappa shape index (κ1) is 10.4. The van der Waals surface area contributed by atoms with Crippen molar-refractivity contribution in [3.63, 3.8) is 0 Å². The third-order valence-electron chi connectivity index (χ3n) is 1.60. The molecule has 0 fully saturated rings. The lowest BCUT2D eigenvalue weighted by Crippen LogP contribution is -2.39. The van der Waals surface area contributed by atoms with E-state index in [-0.39, 0.29) is 12.5 Å². The lowest BCUT2D eigenvalue weighted by molar-refractivity contribution is -0.139. The van der Waals surface area contributed by atoms with E-state index in [4.69, 9.17) is 10.2 Å². The quantitative estimate of drug-likeness (QED) is 0.598. The molecule has 0 spiro atoms. The molecule has 0 heterocycles. The molecule has 0 bridgehead atoms. The lowest BCUT2D eigenvalue weighted by Gasteiger charge is -2.24. The van der Waals surface area contributed by atoms with Gasteiger partial charge in [0.25, 0.3) is 0 Å². The number of aliphatic carboxylic acids is 1. The Kier molecular flexibility index (Phi) is 4.07. The van der Waals surface area contributed by atoms with Gasteiger partial charge < -0.3 is 15.1 Å². The fourth-order valence-electron chi connectivity index (χ4n) is 0.964. The summed E-state index contributed by atoms with van der Waals surface area (Å²) in [4.78, 5) is 12.0. The number of carbonyl (C=O) groups is 1. The third kappa shape index (κ3) is 3.95. The zero-order valence-electron chi connectivity index (χ0n) is 7.11. The Morgan fingerprint density at radius 3 is 2.09 bits per heavy atom. The molecule has 4 nitrogen and oxygen atoms in total. The van der Waals surface area contributed by atoms with Gasteiger partial charge in [-0.2, -0.15) is 0 Å². The van der Waals surface area contributed by atoms with Gasteiger partial charge in [0.2, 0.25) is 0 Å². The maximum atomic E-state index is 10.3. The summed E-state index contributed by atoms with van der Waals surface area (Å²) in [6.07, 6.45) is -0.633. The molecular weight excluding hydrogens is 146 g/mol. The van der Waals surface area contributed by atoms with E-state index in [1.54, 1.807) is 25.9 Å². The molecular formula is C7H15NO3. The van der Waals surface area contributed by atoms with E-state index >= 15 is 0 Å². The fraction of sp³-hybridized carbons (Fsp3) is 0.857. The molecule has 0 aliphatic rings. The van der Waals surface area contributed by atoms with Gasteiger partial charge in [0.05, 0.1) is 12.5 Å². The largest absolute Gasteiger partial charge is 0.481 e. The predicted molar refractivity (Wildman–Crippen MR) is 41.4 cm³/mol. The van der Waals surface area contributed by atoms with E-state index in [2.05, 4.69) is 0 Å². The number of aliphatic hydroxyl groups excluding tert-OH is 1.